The van der Waals surface area contributed by atoms with Gasteiger partial charge in [0.2, 0.25) is 5.91 Å². The third-order valence-electron chi connectivity index (χ3n) is 5.01. The van der Waals surface area contributed by atoms with Crippen molar-refractivity contribution in [3.63, 3.8) is 0 Å². The summed E-state index contributed by atoms with van der Waals surface area (Å²) in [6.07, 6.45) is 0.605. The number of amides is 1. The molecular weight excluding hydrogens is 430 g/mol. The van der Waals surface area contributed by atoms with Crippen LogP contribution in [-0.2, 0) is 24.2 Å². The van der Waals surface area contributed by atoms with Crippen LogP contribution in [0.1, 0.15) is 22.4 Å². The number of nitriles is 1. The molecule has 0 aliphatic rings. The number of aryl methyl sites for hydroxylation is 1. The van der Waals surface area contributed by atoms with Crippen LogP contribution in [0.2, 0.25) is 0 Å². The van der Waals surface area contributed by atoms with Crippen LogP contribution in [-0.4, -0.2) is 10.9 Å². The van der Waals surface area contributed by atoms with E-state index in [-0.39, 0.29) is 12.3 Å². The van der Waals surface area contributed by atoms with Crippen LogP contribution >= 0.6 is 11.3 Å². The normalized spacial score (nSPS) is 10.4. The minimum atomic E-state index is -0.109. The number of nitrogens with zero attached hydrogens (tertiary/aromatic N) is 2. The van der Waals surface area contributed by atoms with Crippen molar-refractivity contribution >= 4 is 22.9 Å². The van der Waals surface area contributed by atoms with E-state index in [1.807, 2.05) is 66.0 Å². The molecular formula is C27H23N3O2S. The molecule has 0 aliphatic carbocycles. The highest BCUT2D eigenvalue weighted by atomic mass is 32.1. The van der Waals surface area contributed by atoms with Crippen molar-refractivity contribution in [1.29, 1.82) is 5.26 Å². The van der Waals surface area contributed by atoms with Crippen molar-refractivity contribution in [3.05, 3.63) is 101 Å². The number of hydrogen-bond acceptors (Lipinski definition) is 5. The third kappa shape index (κ3) is 6.28. The van der Waals surface area contributed by atoms with Crippen molar-refractivity contribution in [2.75, 3.05) is 5.32 Å². The summed E-state index contributed by atoms with van der Waals surface area (Å²) < 4.78 is 5.83. The molecule has 4 rings (SSSR count). The number of carbonyl (C=O) groups excluding carboxylic acids is 1. The molecule has 1 aromatic heterocycles. The summed E-state index contributed by atoms with van der Waals surface area (Å²) in [5.41, 5.74) is 5.65. The average molecular weight is 454 g/mol. The van der Waals surface area contributed by atoms with Gasteiger partial charge in [-0.05, 0) is 42.3 Å². The van der Waals surface area contributed by atoms with Gasteiger partial charge in [-0.1, -0.05) is 54.1 Å². The van der Waals surface area contributed by atoms with Gasteiger partial charge in [0.15, 0.2) is 0 Å². The summed E-state index contributed by atoms with van der Waals surface area (Å²) in [5.74, 6) is 0.626. The van der Waals surface area contributed by atoms with Gasteiger partial charge in [-0.15, -0.1) is 11.3 Å². The maximum atomic E-state index is 12.5. The second-order valence-electron chi connectivity index (χ2n) is 7.70. The molecule has 0 bridgehead atoms. The number of nitrogens with one attached hydrogen (secondary N) is 1. The third-order valence-corrected chi connectivity index (χ3v) is 5.95. The smallest absolute Gasteiger partial charge is 0.230 e. The lowest BCUT2D eigenvalue weighted by atomic mass is 10.1. The molecule has 0 unspecified atom stereocenters. The lowest BCUT2D eigenvalue weighted by molar-refractivity contribution is -0.115. The summed E-state index contributed by atoms with van der Waals surface area (Å²) in [5, 5.41) is 14.5. The molecule has 0 fully saturated rings. The van der Waals surface area contributed by atoms with E-state index < -0.39 is 0 Å². The molecule has 33 heavy (non-hydrogen) atoms. The summed E-state index contributed by atoms with van der Waals surface area (Å²) >= 11 is 1.54. The second-order valence-corrected chi connectivity index (χ2v) is 8.56. The van der Waals surface area contributed by atoms with Gasteiger partial charge in [-0.2, -0.15) is 5.26 Å². The monoisotopic (exact) mass is 453 g/mol. The van der Waals surface area contributed by atoms with Gasteiger partial charge in [0.1, 0.15) is 17.4 Å². The molecule has 5 nitrogen and oxygen atoms in total. The summed E-state index contributed by atoms with van der Waals surface area (Å²) in [6.45, 7) is 2.44. The molecule has 1 N–H and O–H groups in total. The maximum absolute atomic E-state index is 12.5. The molecule has 0 atom stereocenters. The van der Waals surface area contributed by atoms with E-state index in [2.05, 4.69) is 35.4 Å². The van der Waals surface area contributed by atoms with E-state index in [4.69, 9.17) is 10.00 Å². The summed E-state index contributed by atoms with van der Waals surface area (Å²) in [6, 6.07) is 25.4. The van der Waals surface area contributed by atoms with Gasteiger partial charge in [-0.25, -0.2) is 4.98 Å². The first-order valence-electron chi connectivity index (χ1n) is 10.6. The Morgan fingerprint density at radius 2 is 1.85 bits per heavy atom. The van der Waals surface area contributed by atoms with Crippen LogP contribution in [0.15, 0.2) is 78.2 Å². The Hall–Kier alpha value is -3.95. The van der Waals surface area contributed by atoms with E-state index in [1.54, 1.807) is 11.3 Å². The lowest BCUT2D eigenvalue weighted by Gasteiger charge is -2.09. The first kappa shape index (κ1) is 22.3. The standard InChI is InChI=1S/C27H23N3O2S/c1-19-5-9-22(10-6-19)27-30-24(18-33-27)16-26(31)29-23-4-2-3-21(15-23)17-32-25-11-7-20(8-12-25)13-14-28/h2-12,15,18H,13,16-17H2,1H3,(H,29,31). The summed E-state index contributed by atoms with van der Waals surface area (Å²) in [7, 11) is 0. The molecule has 0 saturated carbocycles. The molecule has 4 aromatic rings. The van der Waals surface area contributed by atoms with Gasteiger partial charge in [0.05, 0.1) is 24.6 Å². The fourth-order valence-electron chi connectivity index (χ4n) is 3.29. The highest BCUT2D eigenvalue weighted by Gasteiger charge is 2.10. The Balaban J connectivity index is 1.32. The van der Waals surface area contributed by atoms with E-state index in [9.17, 15) is 4.79 Å². The van der Waals surface area contributed by atoms with Gasteiger partial charge in [-0.3, -0.25) is 4.79 Å². The fraction of sp³-hybridized carbons (Fsp3) is 0.148. The predicted octanol–water partition coefficient (Wildman–Crippen LogP) is 5.94. The Morgan fingerprint density at radius 1 is 1.06 bits per heavy atom. The first-order chi connectivity index (χ1) is 16.1. The number of anilines is 1. The SMILES string of the molecule is Cc1ccc(-c2nc(CC(=O)Nc3cccc(COc4ccc(CC#N)cc4)c3)cs2)cc1. The van der Waals surface area contributed by atoms with Crippen LogP contribution < -0.4 is 10.1 Å². The highest BCUT2D eigenvalue weighted by molar-refractivity contribution is 7.13. The molecule has 0 radical (unpaired) electrons. The quantitative estimate of drug-likeness (QED) is 0.358. The van der Waals surface area contributed by atoms with Crippen LogP contribution in [0.5, 0.6) is 5.75 Å². The molecule has 1 heterocycles. The van der Waals surface area contributed by atoms with E-state index >= 15 is 0 Å². The van der Waals surface area contributed by atoms with Crippen LogP contribution in [0.25, 0.3) is 10.6 Å². The summed E-state index contributed by atoms with van der Waals surface area (Å²) in [4.78, 5) is 17.2. The Labute approximate surface area is 197 Å². The van der Waals surface area contributed by atoms with Gasteiger partial charge >= 0.3 is 0 Å². The number of thiazole rings is 1. The molecule has 3 aromatic carbocycles. The lowest BCUT2D eigenvalue weighted by Crippen LogP contribution is -2.14. The zero-order valence-electron chi connectivity index (χ0n) is 18.2. The minimum Gasteiger partial charge on any atom is -0.489 e. The van der Waals surface area contributed by atoms with Crippen molar-refractivity contribution in [2.45, 2.75) is 26.4 Å². The largest absolute Gasteiger partial charge is 0.489 e. The zero-order chi connectivity index (χ0) is 23.0. The minimum absolute atomic E-state index is 0.109. The van der Waals surface area contributed by atoms with Gasteiger partial charge in [0, 0.05) is 16.6 Å². The maximum Gasteiger partial charge on any atom is 0.230 e. The topological polar surface area (TPSA) is 75.0 Å². The number of carbonyl (C=O) groups is 1. The first-order valence-corrected chi connectivity index (χ1v) is 11.5. The molecule has 6 heteroatoms. The molecule has 1 amide bonds. The van der Waals surface area contributed by atoms with E-state index in [0.717, 1.165) is 38.8 Å². The Bertz CT molecular complexity index is 1270. The average Bonchev–Trinajstić information content (AvgIpc) is 3.28. The second kappa shape index (κ2) is 10.6. The molecule has 0 aliphatic heterocycles. The number of hydrogen-bond donors (Lipinski definition) is 1. The van der Waals surface area contributed by atoms with Crippen LogP contribution in [0.3, 0.4) is 0 Å². The highest BCUT2D eigenvalue weighted by Crippen LogP contribution is 2.24. The molecule has 0 saturated heterocycles. The van der Waals surface area contributed by atoms with Crippen molar-refractivity contribution in [2.24, 2.45) is 0 Å². The predicted molar refractivity (Wildman–Crippen MR) is 131 cm³/mol. The van der Waals surface area contributed by atoms with Crippen molar-refractivity contribution < 1.29 is 9.53 Å². The zero-order valence-corrected chi connectivity index (χ0v) is 19.1. The number of benzene rings is 3. The fourth-order valence-corrected chi connectivity index (χ4v) is 4.11. The van der Waals surface area contributed by atoms with E-state index in [0.29, 0.717) is 13.0 Å². The number of rotatable bonds is 8. The Kier molecular flexibility index (Phi) is 7.13. The number of aromatic nitrogens is 1. The van der Waals surface area contributed by atoms with Crippen LogP contribution in [0.4, 0.5) is 5.69 Å². The van der Waals surface area contributed by atoms with Gasteiger partial charge < -0.3 is 10.1 Å². The van der Waals surface area contributed by atoms with Crippen molar-refractivity contribution in [3.8, 4) is 22.4 Å². The van der Waals surface area contributed by atoms with Crippen molar-refractivity contribution in [1.82, 2.24) is 4.98 Å². The molecule has 0 spiro atoms. The Morgan fingerprint density at radius 3 is 2.61 bits per heavy atom. The van der Waals surface area contributed by atoms with Crippen LogP contribution in [0, 0.1) is 18.3 Å². The number of ether oxygens (including phenoxy) is 1. The molecule has 164 valence electrons. The van der Waals surface area contributed by atoms with Gasteiger partial charge in [0.25, 0.3) is 0 Å². The van der Waals surface area contributed by atoms with E-state index in [1.165, 1.54) is 5.56 Å².